The van der Waals surface area contributed by atoms with Gasteiger partial charge in [0, 0.05) is 12.6 Å². The van der Waals surface area contributed by atoms with Crippen LogP contribution in [0.15, 0.2) is 48.2 Å². The number of carbonyl (C=O) groups is 2. The summed E-state index contributed by atoms with van der Waals surface area (Å²) < 4.78 is 5.31. The van der Waals surface area contributed by atoms with E-state index < -0.39 is 6.04 Å². The van der Waals surface area contributed by atoms with E-state index in [1.807, 2.05) is 29.2 Å². The highest BCUT2D eigenvalue weighted by Crippen LogP contribution is 2.38. The summed E-state index contributed by atoms with van der Waals surface area (Å²) >= 11 is 0. The maximum Gasteiger partial charge on any atom is 0.322 e. The zero-order valence-electron chi connectivity index (χ0n) is 16.4. The molecule has 0 saturated heterocycles. The molecule has 1 aromatic carbocycles. The first-order valence-corrected chi connectivity index (χ1v) is 9.25. The number of hydrogen-bond acceptors (Lipinski definition) is 3. The Morgan fingerprint density at radius 3 is 2.70 bits per heavy atom. The van der Waals surface area contributed by atoms with Crippen LogP contribution in [-0.2, 0) is 4.79 Å². The van der Waals surface area contributed by atoms with Gasteiger partial charge in [-0.1, -0.05) is 32.1 Å². The molecule has 0 bridgehead atoms. The Balaban J connectivity index is 2.06. The molecule has 6 nitrogen and oxygen atoms in total. The number of ether oxygens (including phenoxy) is 1. The topological polar surface area (TPSA) is 61.9 Å². The van der Waals surface area contributed by atoms with E-state index >= 15 is 0 Å². The Bertz CT molecular complexity index is 800. The normalized spacial score (nSPS) is 20.7. The molecule has 6 heteroatoms. The lowest BCUT2D eigenvalue weighted by Crippen LogP contribution is -2.47. The summed E-state index contributed by atoms with van der Waals surface area (Å²) in [5.41, 5.74) is 2.24. The van der Waals surface area contributed by atoms with Gasteiger partial charge in [0.25, 0.3) is 5.91 Å². The largest absolute Gasteiger partial charge is 0.497 e. The van der Waals surface area contributed by atoms with Gasteiger partial charge in [0.05, 0.1) is 31.0 Å². The molecular formula is C21H27N3O3. The lowest BCUT2D eigenvalue weighted by molar-refractivity contribution is -0.128. The number of amides is 3. The van der Waals surface area contributed by atoms with Crippen LogP contribution < -0.4 is 10.1 Å². The van der Waals surface area contributed by atoms with E-state index in [0.29, 0.717) is 30.3 Å². The number of nitrogens with zero attached hydrogens (tertiary/aromatic N) is 2. The molecule has 3 rings (SSSR count). The monoisotopic (exact) mass is 369 g/mol. The van der Waals surface area contributed by atoms with Gasteiger partial charge in [0.2, 0.25) is 0 Å². The van der Waals surface area contributed by atoms with Gasteiger partial charge in [-0.05, 0) is 30.5 Å². The zero-order valence-corrected chi connectivity index (χ0v) is 16.4. The molecule has 144 valence electrons. The molecule has 0 aromatic heterocycles. The molecule has 2 aliphatic rings. The molecule has 0 fully saturated rings. The molecule has 2 atom stereocenters. The molecule has 0 aliphatic carbocycles. The van der Waals surface area contributed by atoms with Crippen molar-refractivity contribution in [2.24, 2.45) is 5.92 Å². The summed E-state index contributed by atoms with van der Waals surface area (Å²) in [6.07, 6.45) is 1.68. The van der Waals surface area contributed by atoms with Gasteiger partial charge < -0.3 is 15.0 Å². The molecule has 2 heterocycles. The third-order valence-corrected chi connectivity index (χ3v) is 5.44. The minimum atomic E-state index is -0.486. The average Bonchev–Trinajstić information content (AvgIpc) is 3.00. The van der Waals surface area contributed by atoms with Crippen molar-refractivity contribution in [3.05, 3.63) is 53.8 Å². The standard InChI is InChI=1S/C21H27N3O3/c1-6-10-23-17-12-24(14(4)13(2)3)20(25)18(17)19(22-21(23)26)15-8-7-9-16(11-15)27-5/h6-9,11,13-14,19H,1,10,12H2,2-5H3,(H,22,26). The first-order valence-electron chi connectivity index (χ1n) is 9.25. The average molecular weight is 369 g/mol. The van der Waals surface area contributed by atoms with Crippen molar-refractivity contribution < 1.29 is 14.3 Å². The van der Waals surface area contributed by atoms with Crippen molar-refractivity contribution in [2.45, 2.75) is 32.9 Å². The SMILES string of the molecule is C=CCN1C(=O)NC(c2cccc(OC)c2)C2=C1CN(C(C)C(C)C)C2=O. The summed E-state index contributed by atoms with van der Waals surface area (Å²) in [7, 11) is 1.60. The molecule has 0 saturated carbocycles. The number of rotatable bonds is 6. The number of nitrogens with one attached hydrogen (secondary N) is 1. The van der Waals surface area contributed by atoms with E-state index in [0.717, 1.165) is 11.3 Å². The van der Waals surface area contributed by atoms with Crippen molar-refractivity contribution in [1.29, 1.82) is 0 Å². The quantitative estimate of drug-likeness (QED) is 0.784. The molecular weight excluding hydrogens is 342 g/mol. The molecule has 2 aliphatic heterocycles. The van der Waals surface area contributed by atoms with Crippen LogP contribution in [0.4, 0.5) is 4.79 Å². The number of hydrogen-bond donors (Lipinski definition) is 1. The first-order chi connectivity index (χ1) is 12.9. The lowest BCUT2D eigenvalue weighted by atomic mass is 9.95. The van der Waals surface area contributed by atoms with Gasteiger partial charge >= 0.3 is 6.03 Å². The second-order valence-electron chi connectivity index (χ2n) is 7.34. The van der Waals surface area contributed by atoms with E-state index in [4.69, 9.17) is 4.74 Å². The molecule has 0 spiro atoms. The Hall–Kier alpha value is -2.76. The second-order valence-corrected chi connectivity index (χ2v) is 7.34. The van der Waals surface area contributed by atoms with E-state index in [-0.39, 0.29) is 18.0 Å². The summed E-state index contributed by atoms with van der Waals surface area (Å²) in [6, 6.07) is 6.86. The fraction of sp³-hybridized carbons (Fsp3) is 0.429. The highest BCUT2D eigenvalue weighted by atomic mass is 16.5. The number of benzene rings is 1. The molecule has 1 N–H and O–H groups in total. The van der Waals surface area contributed by atoms with Crippen LogP contribution in [0.1, 0.15) is 32.4 Å². The van der Waals surface area contributed by atoms with Crippen LogP contribution in [0.3, 0.4) is 0 Å². The van der Waals surface area contributed by atoms with E-state index in [2.05, 4.69) is 32.7 Å². The smallest absolute Gasteiger partial charge is 0.322 e. The fourth-order valence-corrected chi connectivity index (χ4v) is 3.60. The minimum Gasteiger partial charge on any atom is -0.497 e. The van der Waals surface area contributed by atoms with Gasteiger partial charge in [-0.25, -0.2) is 4.79 Å². The van der Waals surface area contributed by atoms with Crippen LogP contribution in [0.25, 0.3) is 0 Å². The molecule has 1 aromatic rings. The van der Waals surface area contributed by atoms with Gasteiger partial charge in [-0.15, -0.1) is 6.58 Å². The minimum absolute atomic E-state index is 0.0203. The maximum atomic E-state index is 13.3. The van der Waals surface area contributed by atoms with Crippen LogP contribution in [0, 0.1) is 5.92 Å². The Morgan fingerprint density at radius 1 is 1.33 bits per heavy atom. The van der Waals surface area contributed by atoms with Crippen molar-refractivity contribution in [1.82, 2.24) is 15.1 Å². The number of urea groups is 1. The first kappa shape index (κ1) is 19.0. The third-order valence-electron chi connectivity index (χ3n) is 5.44. The summed E-state index contributed by atoms with van der Waals surface area (Å²) in [5.74, 6) is 0.991. The van der Waals surface area contributed by atoms with Crippen LogP contribution in [-0.4, -0.2) is 48.0 Å². The zero-order chi connectivity index (χ0) is 19.7. The van der Waals surface area contributed by atoms with Gasteiger partial charge in [-0.2, -0.15) is 0 Å². The fourth-order valence-electron chi connectivity index (χ4n) is 3.60. The highest BCUT2D eigenvalue weighted by Gasteiger charge is 2.45. The summed E-state index contributed by atoms with van der Waals surface area (Å²) in [4.78, 5) is 29.5. The lowest BCUT2D eigenvalue weighted by Gasteiger charge is -2.33. The second kappa shape index (κ2) is 7.47. The molecule has 3 amide bonds. The van der Waals surface area contributed by atoms with E-state index in [1.165, 1.54) is 0 Å². The summed E-state index contributed by atoms with van der Waals surface area (Å²) in [6.45, 7) is 10.8. The number of methoxy groups -OCH3 is 1. The van der Waals surface area contributed by atoms with Gasteiger partial charge in [0.15, 0.2) is 0 Å². The Morgan fingerprint density at radius 2 is 2.07 bits per heavy atom. The maximum absolute atomic E-state index is 13.3. The van der Waals surface area contributed by atoms with Gasteiger partial charge in [0.1, 0.15) is 5.75 Å². The van der Waals surface area contributed by atoms with E-state index in [9.17, 15) is 9.59 Å². The predicted octanol–water partition coefficient (Wildman–Crippen LogP) is 3.09. The summed E-state index contributed by atoms with van der Waals surface area (Å²) in [5, 5.41) is 2.99. The molecule has 2 unspecified atom stereocenters. The van der Waals surface area contributed by atoms with Crippen LogP contribution >= 0.6 is 0 Å². The Kier molecular flexibility index (Phi) is 5.26. The van der Waals surface area contributed by atoms with Crippen molar-refractivity contribution in [2.75, 3.05) is 20.2 Å². The van der Waals surface area contributed by atoms with Crippen LogP contribution in [0.2, 0.25) is 0 Å². The van der Waals surface area contributed by atoms with Crippen LogP contribution in [0.5, 0.6) is 5.75 Å². The van der Waals surface area contributed by atoms with E-state index in [1.54, 1.807) is 18.1 Å². The number of carbonyl (C=O) groups excluding carboxylic acids is 2. The Labute approximate surface area is 160 Å². The van der Waals surface area contributed by atoms with Crippen molar-refractivity contribution in [3.63, 3.8) is 0 Å². The molecule has 27 heavy (non-hydrogen) atoms. The van der Waals surface area contributed by atoms with Crippen molar-refractivity contribution in [3.8, 4) is 5.75 Å². The highest BCUT2D eigenvalue weighted by molar-refractivity contribution is 6.01. The van der Waals surface area contributed by atoms with Crippen molar-refractivity contribution >= 4 is 11.9 Å². The predicted molar refractivity (Wildman–Crippen MR) is 104 cm³/mol. The third kappa shape index (κ3) is 3.31. The van der Waals surface area contributed by atoms with Gasteiger partial charge in [-0.3, -0.25) is 9.69 Å². The molecule has 0 radical (unpaired) electrons.